The first-order chi connectivity index (χ1) is 11.5. The standard InChI is InChI=1S/C17H13F2N3O2/c1-10-20-15(24-22-10)9-11-5-2-3-8-14(11)21-17(23)16-12(18)6-4-7-13(16)19/h2-8H,9H2,1H3,(H,21,23). The fraction of sp³-hybridized carbons (Fsp3) is 0.118. The first kappa shape index (κ1) is 15.8. The normalized spacial score (nSPS) is 10.6. The minimum atomic E-state index is -0.919. The summed E-state index contributed by atoms with van der Waals surface area (Å²) in [6.07, 6.45) is 0.289. The average Bonchev–Trinajstić information content (AvgIpc) is 2.94. The number of hydrogen-bond acceptors (Lipinski definition) is 4. The van der Waals surface area contributed by atoms with Crippen LogP contribution < -0.4 is 5.32 Å². The second kappa shape index (κ2) is 6.57. The topological polar surface area (TPSA) is 68.0 Å². The smallest absolute Gasteiger partial charge is 0.261 e. The average molecular weight is 329 g/mol. The van der Waals surface area contributed by atoms with Crippen LogP contribution in [0.5, 0.6) is 0 Å². The maximum absolute atomic E-state index is 13.7. The Morgan fingerprint density at radius 3 is 2.50 bits per heavy atom. The Bertz CT molecular complexity index is 873. The lowest BCUT2D eigenvalue weighted by Gasteiger charge is -2.10. The number of halogens is 2. The summed E-state index contributed by atoms with van der Waals surface area (Å²) in [5.41, 5.74) is 0.480. The fourth-order valence-electron chi connectivity index (χ4n) is 2.27. The van der Waals surface area contributed by atoms with Gasteiger partial charge in [-0.2, -0.15) is 4.98 Å². The maximum Gasteiger partial charge on any atom is 0.261 e. The zero-order chi connectivity index (χ0) is 17.1. The highest BCUT2D eigenvalue weighted by Gasteiger charge is 2.18. The van der Waals surface area contributed by atoms with Gasteiger partial charge in [0, 0.05) is 5.69 Å². The van der Waals surface area contributed by atoms with Gasteiger partial charge >= 0.3 is 0 Å². The Morgan fingerprint density at radius 2 is 1.83 bits per heavy atom. The van der Waals surface area contributed by atoms with Gasteiger partial charge in [-0.3, -0.25) is 4.79 Å². The van der Waals surface area contributed by atoms with Gasteiger partial charge in [-0.05, 0) is 30.7 Å². The first-order valence-corrected chi connectivity index (χ1v) is 7.17. The van der Waals surface area contributed by atoms with Crippen LogP contribution in [-0.4, -0.2) is 16.0 Å². The van der Waals surface area contributed by atoms with Crippen LogP contribution in [0.4, 0.5) is 14.5 Å². The van der Waals surface area contributed by atoms with Crippen molar-refractivity contribution in [3.8, 4) is 0 Å². The summed E-state index contributed by atoms with van der Waals surface area (Å²) in [7, 11) is 0. The molecule has 3 aromatic rings. The van der Waals surface area contributed by atoms with E-state index >= 15 is 0 Å². The molecule has 0 unspecified atom stereocenters. The van der Waals surface area contributed by atoms with E-state index < -0.39 is 23.1 Å². The molecule has 1 amide bonds. The monoisotopic (exact) mass is 329 g/mol. The highest BCUT2D eigenvalue weighted by molar-refractivity contribution is 6.05. The van der Waals surface area contributed by atoms with E-state index in [4.69, 9.17) is 4.52 Å². The number of nitrogens with zero attached hydrogens (tertiary/aromatic N) is 2. The zero-order valence-electron chi connectivity index (χ0n) is 12.7. The molecular formula is C17H13F2N3O2. The minimum Gasteiger partial charge on any atom is -0.339 e. The van der Waals surface area contributed by atoms with E-state index in [2.05, 4.69) is 15.5 Å². The van der Waals surface area contributed by atoms with Crippen molar-refractivity contribution < 1.29 is 18.1 Å². The quantitative estimate of drug-likeness (QED) is 0.795. The molecule has 3 rings (SSSR count). The van der Waals surface area contributed by atoms with Crippen molar-refractivity contribution >= 4 is 11.6 Å². The molecule has 0 atom stereocenters. The van der Waals surface area contributed by atoms with E-state index in [-0.39, 0.29) is 6.42 Å². The summed E-state index contributed by atoms with van der Waals surface area (Å²) >= 11 is 0. The van der Waals surface area contributed by atoms with Crippen LogP contribution >= 0.6 is 0 Å². The molecule has 1 N–H and O–H groups in total. The fourth-order valence-corrected chi connectivity index (χ4v) is 2.27. The first-order valence-electron chi connectivity index (χ1n) is 7.17. The van der Waals surface area contributed by atoms with Crippen LogP contribution in [0.15, 0.2) is 47.0 Å². The number of aromatic nitrogens is 2. The molecule has 0 aliphatic carbocycles. The van der Waals surface area contributed by atoms with Gasteiger partial charge in [0.05, 0.1) is 6.42 Å². The molecule has 2 aromatic carbocycles. The summed E-state index contributed by atoms with van der Waals surface area (Å²) < 4.78 is 32.5. The number of benzene rings is 2. The molecule has 5 nitrogen and oxygen atoms in total. The number of carbonyl (C=O) groups excluding carboxylic acids is 1. The largest absolute Gasteiger partial charge is 0.339 e. The van der Waals surface area contributed by atoms with Crippen molar-refractivity contribution in [2.45, 2.75) is 13.3 Å². The minimum absolute atomic E-state index is 0.289. The van der Waals surface area contributed by atoms with Gasteiger partial charge in [0.25, 0.3) is 5.91 Å². The Balaban J connectivity index is 1.86. The SMILES string of the molecule is Cc1noc(Cc2ccccc2NC(=O)c2c(F)cccc2F)n1. The summed E-state index contributed by atoms with van der Waals surface area (Å²) in [6.45, 7) is 1.70. The van der Waals surface area contributed by atoms with Gasteiger partial charge in [-0.15, -0.1) is 0 Å². The van der Waals surface area contributed by atoms with Crippen molar-refractivity contribution in [1.82, 2.24) is 10.1 Å². The van der Waals surface area contributed by atoms with Crippen LogP contribution in [0.1, 0.15) is 27.6 Å². The molecule has 0 radical (unpaired) electrons. The second-order valence-electron chi connectivity index (χ2n) is 5.12. The number of amides is 1. The maximum atomic E-state index is 13.7. The van der Waals surface area contributed by atoms with Crippen LogP contribution in [0.3, 0.4) is 0 Å². The van der Waals surface area contributed by atoms with Crippen molar-refractivity contribution in [2.24, 2.45) is 0 Å². The van der Waals surface area contributed by atoms with Crippen LogP contribution in [0.25, 0.3) is 0 Å². The molecule has 0 aliphatic heterocycles. The number of aryl methyl sites for hydroxylation is 1. The third kappa shape index (κ3) is 3.29. The molecule has 0 spiro atoms. The van der Waals surface area contributed by atoms with Crippen molar-refractivity contribution in [3.63, 3.8) is 0 Å². The van der Waals surface area contributed by atoms with E-state index in [1.807, 2.05) is 0 Å². The van der Waals surface area contributed by atoms with Gasteiger partial charge in [-0.1, -0.05) is 29.4 Å². The summed E-state index contributed by atoms with van der Waals surface area (Å²) in [4.78, 5) is 16.3. The van der Waals surface area contributed by atoms with Gasteiger partial charge in [0.1, 0.15) is 17.2 Å². The number of carbonyl (C=O) groups is 1. The lowest BCUT2D eigenvalue weighted by atomic mass is 10.1. The molecule has 0 saturated carbocycles. The van der Waals surface area contributed by atoms with Crippen molar-refractivity contribution in [1.29, 1.82) is 0 Å². The Hall–Kier alpha value is -3.09. The summed E-state index contributed by atoms with van der Waals surface area (Å²) in [5, 5.41) is 6.23. The van der Waals surface area contributed by atoms with Crippen molar-refractivity contribution in [2.75, 3.05) is 5.32 Å². The van der Waals surface area contributed by atoms with Crippen LogP contribution in [-0.2, 0) is 6.42 Å². The molecule has 1 aromatic heterocycles. The molecule has 0 saturated heterocycles. The number of para-hydroxylation sites is 1. The third-order valence-electron chi connectivity index (χ3n) is 3.37. The Kier molecular flexibility index (Phi) is 4.33. The Labute approximate surface area is 136 Å². The summed E-state index contributed by atoms with van der Waals surface area (Å²) in [6, 6.07) is 10.1. The van der Waals surface area contributed by atoms with E-state index in [0.717, 1.165) is 12.1 Å². The highest BCUT2D eigenvalue weighted by atomic mass is 19.1. The molecule has 1 heterocycles. The molecule has 0 bridgehead atoms. The number of hydrogen-bond donors (Lipinski definition) is 1. The zero-order valence-corrected chi connectivity index (χ0v) is 12.7. The molecule has 122 valence electrons. The molecular weight excluding hydrogens is 316 g/mol. The lowest BCUT2D eigenvalue weighted by molar-refractivity contribution is 0.101. The second-order valence-corrected chi connectivity index (χ2v) is 5.12. The van der Waals surface area contributed by atoms with Gasteiger partial charge in [-0.25, -0.2) is 8.78 Å². The third-order valence-corrected chi connectivity index (χ3v) is 3.37. The number of nitrogens with one attached hydrogen (secondary N) is 1. The van der Waals surface area contributed by atoms with E-state index in [1.54, 1.807) is 31.2 Å². The number of rotatable bonds is 4. The van der Waals surface area contributed by atoms with Gasteiger partial charge in [0.15, 0.2) is 5.82 Å². The predicted octanol–water partition coefficient (Wildman–Crippen LogP) is 3.50. The van der Waals surface area contributed by atoms with Gasteiger partial charge in [0.2, 0.25) is 5.89 Å². The van der Waals surface area contributed by atoms with Crippen molar-refractivity contribution in [3.05, 3.63) is 76.9 Å². The molecule has 0 fully saturated rings. The van der Waals surface area contributed by atoms with Crippen LogP contribution in [0.2, 0.25) is 0 Å². The number of anilines is 1. The Morgan fingerprint density at radius 1 is 1.12 bits per heavy atom. The van der Waals surface area contributed by atoms with E-state index in [0.29, 0.717) is 23.0 Å². The summed E-state index contributed by atoms with van der Waals surface area (Å²) in [5.74, 6) is -1.82. The molecule has 7 heteroatoms. The van der Waals surface area contributed by atoms with E-state index in [9.17, 15) is 13.6 Å². The van der Waals surface area contributed by atoms with Crippen LogP contribution in [0, 0.1) is 18.6 Å². The van der Waals surface area contributed by atoms with Gasteiger partial charge < -0.3 is 9.84 Å². The van der Waals surface area contributed by atoms with E-state index in [1.165, 1.54) is 6.07 Å². The lowest BCUT2D eigenvalue weighted by Crippen LogP contribution is -2.17. The predicted molar refractivity (Wildman–Crippen MR) is 82.6 cm³/mol. The highest BCUT2D eigenvalue weighted by Crippen LogP contribution is 2.21. The molecule has 24 heavy (non-hydrogen) atoms. The molecule has 0 aliphatic rings.